The van der Waals surface area contributed by atoms with Gasteiger partial charge in [0.15, 0.2) is 0 Å². The van der Waals surface area contributed by atoms with Gasteiger partial charge in [-0.2, -0.15) is 0 Å². The molecule has 2 aliphatic rings. The summed E-state index contributed by atoms with van der Waals surface area (Å²) in [4.78, 5) is 12.0. The van der Waals surface area contributed by atoms with E-state index >= 15 is 0 Å². The van der Waals surface area contributed by atoms with Gasteiger partial charge in [0.25, 0.3) is 0 Å². The van der Waals surface area contributed by atoms with Gasteiger partial charge in [-0.05, 0) is 71.4 Å². The second kappa shape index (κ2) is 5.31. The fraction of sp³-hybridized carbons (Fsp3) is 0.933. The van der Waals surface area contributed by atoms with E-state index in [0.717, 1.165) is 25.9 Å². The molecule has 1 aliphatic carbocycles. The topological polar surface area (TPSA) is 50.4 Å². The molecule has 3 unspecified atom stereocenters. The van der Waals surface area contributed by atoms with Crippen molar-refractivity contribution in [1.29, 1.82) is 0 Å². The van der Waals surface area contributed by atoms with Crippen molar-refractivity contribution in [3.63, 3.8) is 0 Å². The van der Waals surface area contributed by atoms with Gasteiger partial charge in [-0.25, -0.2) is 4.79 Å². The van der Waals surface area contributed by atoms with Crippen molar-refractivity contribution >= 4 is 6.09 Å². The van der Waals surface area contributed by atoms with E-state index < -0.39 is 5.60 Å². The standard InChI is InChI=1S/C15H28N2O2/c1-11-8-15(11,9-12-6-5-7-16-10-12)17-13(18)19-14(2,3)4/h11-12,16H,5-10H2,1-4H3,(H,17,18). The smallest absolute Gasteiger partial charge is 0.408 e. The lowest BCUT2D eigenvalue weighted by Crippen LogP contribution is -2.44. The summed E-state index contributed by atoms with van der Waals surface area (Å²) in [7, 11) is 0. The lowest BCUT2D eigenvalue weighted by molar-refractivity contribution is 0.0480. The summed E-state index contributed by atoms with van der Waals surface area (Å²) in [6, 6.07) is 0. The highest BCUT2D eigenvalue weighted by atomic mass is 16.6. The average molecular weight is 268 g/mol. The van der Waals surface area contributed by atoms with E-state index in [1.165, 1.54) is 12.8 Å². The Balaban J connectivity index is 1.86. The van der Waals surface area contributed by atoms with Crippen molar-refractivity contribution in [2.24, 2.45) is 11.8 Å². The van der Waals surface area contributed by atoms with Crippen molar-refractivity contribution < 1.29 is 9.53 Å². The predicted molar refractivity (Wildman–Crippen MR) is 76.1 cm³/mol. The van der Waals surface area contributed by atoms with Gasteiger partial charge < -0.3 is 15.4 Å². The molecule has 2 fully saturated rings. The normalized spacial score (nSPS) is 34.7. The van der Waals surface area contributed by atoms with Gasteiger partial charge in [-0.3, -0.25) is 0 Å². The van der Waals surface area contributed by atoms with Crippen LogP contribution in [0.5, 0.6) is 0 Å². The number of piperidine rings is 1. The van der Waals surface area contributed by atoms with Gasteiger partial charge in [0.05, 0.1) is 0 Å². The van der Waals surface area contributed by atoms with Crippen molar-refractivity contribution in [3.8, 4) is 0 Å². The molecule has 2 N–H and O–H groups in total. The predicted octanol–water partition coefficient (Wildman–Crippen LogP) is 2.68. The van der Waals surface area contributed by atoms with Crippen LogP contribution in [-0.4, -0.2) is 30.3 Å². The molecular weight excluding hydrogens is 240 g/mol. The van der Waals surface area contributed by atoms with Crippen LogP contribution >= 0.6 is 0 Å². The van der Waals surface area contributed by atoms with E-state index in [1.54, 1.807) is 0 Å². The van der Waals surface area contributed by atoms with Crippen LogP contribution < -0.4 is 10.6 Å². The highest BCUT2D eigenvalue weighted by Crippen LogP contribution is 2.48. The summed E-state index contributed by atoms with van der Waals surface area (Å²) in [5.74, 6) is 1.26. The summed E-state index contributed by atoms with van der Waals surface area (Å²) >= 11 is 0. The first-order chi connectivity index (χ1) is 8.81. The third-order valence-corrected chi connectivity index (χ3v) is 4.26. The minimum atomic E-state index is -0.421. The van der Waals surface area contributed by atoms with Gasteiger partial charge in [0.2, 0.25) is 0 Å². The van der Waals surface area contributed by atoms with Crippen molar-refractivity contribution in [2.45, 2.75) is 64.5 Å². The fourth-order valence-corrected chi connectivity index (χ4v) is 3.12. The van der Waals surface area contributed by atoms with E-state index in [0.29, 0.717) is 11.8 Å². The molecule has 1 aliphatic heterocycles. The number of rotatable bonds is 3. The SMILES string of the molecule is CC1CC1(CC1CCCNC1)NC(=O)OC(C)(C)C. The minimum absolute atomic E-state index is 0.00792. The largest absolute Gasteiger partial charge is 0.444 e. The molecule has 0 spiro atoms. The minimum Gasteiger partial charge on any atom is -0.444 e. The maximum atomic E-state index is 12.0. The molecule has 4 heteroatoms. The van der Waals surface area contributed by atoms with E-state index in [2.05, 4.69) is 17.6 Å². The van der Waals surface area contributed by atoms with Gasteiger partial charge in [0, 0.05) is 5.54 Å². The van der Waals surface area contributed by atoms with Crippen LogP contribution in [-0.2, 0) is 4.74 Å². The van der Waals surface area contributed by atoms with E-state index in [9.17, 15) is 4.79 Å². The molecule has 3 atom stereocenters. The summed E-state index contributed by atoms with van der Waals surface area (Å²) in [6.07, 6.45) is 4.43. The second-order valence-electron chi connectivity index (χ2n) is 7.30. The number of ether oxygens (including phenoxy) is 1. The molecule has 2 rings (SSSR count). The third-order valence-electron chi connectivity index (χ3n) is 4.26. The Morgan fingerprint density at radius 3 is 2.63 bits per heavy atom. The second-order valence-corrected chi connectivity index (χ2v) is 7.30. The number of nitrogens with one attached hydrogen (secondary N) is 2. The number of hydrogen-bond acceptors (Lipinski definition) is 3. The summed E-state index contributed by atoms with van der Waals surface area (Å²) in [5.41, 5.74) is -0.429. The Kier molecular flexibility index (Phi) is 4.09. The molecule has 0 aromatic rings. The Bertz CT molecular complexity index is 332. The summed E-state index contributed by atoms with van der Waals surface area (Å²) in [5, 5.41) is 6.58. The van der Waals surface area contributed by atoms with E-state index in [1.807, 2.05) is 20.8 Å². The number of amides is 1. The van der Waals surface area contributed by atoms with Gasteiger partial charge in [0.1, 0.15) is 5.60 Å². The molecule has 1 saturated carbocycles. The first-order valence-electron chi connectivity index (χ1n) is 7.53. The number of carbonyl (C=O) groups is 1. The van der Waals surface area contributed by atoms with Crippen LogP contribution in [0.15, 0.2) is 0 Å². The average Bonchev–Trinajstić information content (AvgIpc) is 2.86. The molecule has 1 saturated heterocycles. The lowest BCUT2D eigenvalue weighted by atomic mass is 9.90. The number of hydrogen-bond donors (Lipinski definition) is 2. The maximum absolute atomic E-state index is 12.0. The van der Waals surface area contributed by atoms with Crippen LogP contribution in [0.1, 0.15) is 53.4 Å². The zero-order valence-corrected chi connectivity index (χ0v) is 12.7. The van der Waals surface area contributed by atoms with Gasteiger partial charge in [-0.15, -0.1) is 0 Å². The molecule has 4 nitrogen and oxygen atoms in total. The van der Waals surface area contributed by atoms with Crippen molar-refractivity contribution in [1.82, 2.24) is 10.6 Å². The monoisotopic (exact) mass is 268 g/mol. The highest BCUT2D eigenvalue weighted by Gasteiger charge is 2.53. The van der Waals surface area contributed by atoms with Crippen LogP contribution in [0, 0.1) is 11.8 Å². The van der Waals surface area contributed by atoms with Gasteiger partial charge in [-0.1, -0.05) is 6.92 Å². The first-order valence-corrected chi connectivity index (χ1v) is 7.53. The first kappa shape index (κ1) is 14.6. The van der Waals surface area contributed by atoms with Crippen molar-refractivity contribution in [3.05, 3.63) is 0 Å². The Hall–Kier alpha value is -0.770. The van der Waals surface area contributed by atoms with Gasteiger partial charge >= 0.3 is 6.09 Å². The lowest BCUT2D eigenvalue weighted by Gasteiger charge is -2.29. The number of carbonyl (C=O) groups excluding carboxylic acids is 1. The molecule has 0 radical (unpaired) electrons. The Morgan fingerprint density at radius 2 is 2.16 bits per heavy atom. The molecule has 1 amide bonds. The van der Waals surface area contributed by atoms with Crippen molar-refractivity contribution in [2.75, 3.05) is 13.1 Å². The Labute approximate surface area is 116 Å². The summed E-state index contributed by atoms with van der Waals surface area (Å²) < 4.78 is 5.39. The van der Waals surface area contributed by atoms with E-state index in [-0.39, 0.29) is 11.6 Å². The number of alkyl carbamates (subject to hydrolysis) is 1. The molecular formula is C15H28N2O2. The zero-order chi connectivity index (χ0) is 14.1. The Morgan fingerprint density at radius 1 is 1.47 bits per heavy atom. The quantitative estimate of drug-likeness (QED) is 0.827. The highest BCUT2D eigenvalue weighted by molar-refractivity contribution is 5.69. The van der Waals surface area contributed by atoms with Crippen LogP contribution in [0.25, 0.3) is 0 Å². The van der Waals surface area contributed by atoms with E-state index in [4.69, 9.17) is 4.74 Å². The third kappa shape index (κ3) is 4.10. The van der Waals surface area contributed by atoms with Crippen LogP contribution in [0.2, 0.25) is 0 Å². The fourth-order valence-electron chi connectivity index (χ4n) is 3.12. The van der Waals surface area contributed by atoms with Crippen LogP contribution in [0.4, 0.5) is 4.79 Å². The molecule has 0 aromatic carbocycles. The molecule has 0 aromatic heterocycles. The zero-order valence-electron chi connectivity index (χ0n) is 12.7. The maximum Gasteiger partial charge on any atom is 0.408 e. The molecule has 110 valence electrons. The van der Waals surface area contributed by atoms with Crippen LogP contribution in [0.3, 0.4) is 0 Å². The molecule has 1 heterocycles. The molecule has 0 bridgehead atoms. The summed E-state index contributed by atoms with van der Waals surface area (Å²) in [6.45, 7) is 10.2. The molecule has 19 heavy (non-hydrogen) atoms.